The average molecular weight is 567 g/mol. The molecule has 3 heterocycles. The highest BCUT2D eigenvalue weighted by atomic mass is 15.1. The van der Waals surface area contributed by atoms with Gasteiger partial charge in [0.05, 0.1) is 25.5 Å². The van der Waals surface area contributed by atoms with Gasteiger partial charge in [0.2, 0.25) is 0 Å². The fourth-order valence-electron chi connectivity index (χ4n) is 7.23. The van der Waals surface area contributed by atoms with Gasteiger partial charge in [0.25, 0.3) is 0 Å². The summed E-state index contributed by atoms with van der Waals surface area (Å²) in [6.07, 6.45) is 53.3. The van der Waals surface area contributed by atoms with E-state index in [9.17, 15) is 0 Å². The molecule has 0 aromatic heterocycles. The highest BCUT2D eigenvalue weighted by Gasteiger charge is 2.12. The van der Waals surface area contributed by atoms with Gasteiger partial charge in [-0.25, -0.2) is 0 Å². The Kier molecular flexibility index (Phi) is 20.4. The van der Waals surface area contributed by atoms with Crippen LogP contribution in [0.4, 0.5) is 0 Å². The quantitative estimate of drug-likeness (QED) is 0.289. The van der Waals surface area contributed by atoms with Gasteiger partial charge in [0.1, 0.15) is 13.1 Å². The highest BCUT2D eigenvalue weighted by molar-refractivity contribution is 5.18. The summed E-state index contributed by atoms with van der Waals surface area (Å²) in [6.45, 7) is 5.15. The van der Waals surface area contributed by atoms with Crippen molar-refractivity contribution in [3.05, 3.63) is 47.9 Å². The van der Waals surface area contributed by atoms with Crippen molar-refractivity contribution in [1.82, 2.24) is 0 Å². The number of nitrogens with one attached hydrogen (secondary N) is 2. The Bertz CT molecular complexity index is 745. The molecule has 0 aromatic rings. The summed E-state index contributed by atoms with van der Waals surface area (Å²) in [4.78, 5) is 3.40. The van der Waals surface area contributed by atoms with E-state index in [0.717, 1.165) is 0 Å². The summed E-state index contributed by atoms with van der Waals surface area (Å²) in [5.74, 6) is 0. The third-order valence-electron chi connectivity index (χ3n) is 9.93. The SMILES string of the molecule is C1=C[NH+]2CCCCCCCCCCCCCCC3=C[NH+](CC=C3)CCCCCCCCCCCCCCCC(=C1)C2. The normalized spacial score (nSPS) is 27.5. The summed E-state index contributed by atoms with van der Waals surface area (Å²) in [5.41, 5.74) is 3.31. The van der Waals surface area contributed by atoms with Crippen LogP contribution in [0.25, 0.3) is 0 Å². The van der Waals surface area contributed by atoms with Crippen LogP contribution in [0, 0.1) is 0 Å². The second kappa shape index (κ2) is 24.3. The van der Waals surface area contributed by atoms with Crippen LogP contribution in [0.3, 0.4) is 0 Å². The fraction of sp³-hybridized carbons (Fsp3) is 0.795. The Morgan fingerprint density at radius 1 is 0.439 bits per heavy atom. The highest BCUT2D eigenvalue weighted by Crippen LogP contribution is 2.17. The van der Waals surface area contributed by atoms with Crippen LogP contribution in [-0.4, -0.2) is 26.2 Å². The van der Waals surface area contributed by atoms with Crippen molar-refractivity contribution in [2.24, 2.45) is 0 Å². The first kappa shape index (κ1) is 34.4. The van der Waals surface area contributed by atoms with Crippen LogP contribution in [0.2, 0.25) is 0 Å². The molecule has 0 radical (unpaired) electrons. The molecule has 0 spiro atoms. The predicted molar refractivity (Wildman–Crippen MR) is 180 cm³/mol. The van der Waals surface area contributed by atoms with Gasteiger partial charge >= 0.3 is 0 Å². The van der Waals surface area contributed by atoms with Crippen LogP contribution in [-0.2, 0) is 0 Å². The van der Waals surface area contributed by atoms with Crippen molar-refractivity contribution < 1.29 is 9.80 Å². The number of allylic oxidation sites excluding steroid dienone is 4. The molecule has 2 heteroatoms. The fourth-order valence-corrected chi connectivity index (χ4v) is 7.23. The van der Waals surface area contributed by atoms with E-state index in [4.69, 9.17) is 0 Å². The lowest BCUT2D eigenvalue weighted by Gasteiger charge is -2.19. The van der Waals surface area contributed by atoms with Crippen molar-refractivity contribution in [3.63, 3.8) is 0 Å². The van der Waals surface area contributed by atoms with Gasteiger partial charge in [0, 0.05) is 5.57 Å². The molecule has 2 nitrogen and oxygen atoms in total. The molecule has 2 N–H and O–H groups in total. The van der Waals surface area contributed by atoms with Crippen molar-refractivity contribution >= 4 is 0 Å². The van der Waals surface area contributed by atoms with Gasteiger partial charge in [-0.1, -0.05) is 134 Å². The first-order valence-corrected chi connectivity index (χ1v) is 18.8. The Balaban J connectivity index is 1.28. The molecule has 234 valence electrons. The van der Waals surface area contributed by atoms with Crippen molar-refractivity contribution in [2.45, 2.75) is 173 Å². The van der Waals surface area contributed by atoms with E-state index in [-0.39, 0.29) is 0 Å². The van der Waals surface area contributed by atoms with Crippen molar-refractivity contribution in [3.8, 4) is 0 Å². The van der Waals surface area contributed by atoms with E-state index in [1.54, 1.807) is 20.9 Å². The molecule has 0 amide bonds. The summed E-state index contributed by atoms with van der Waals surface area (Å²) in [6, 6.07) is 0. The predicted octanol–water partition coefficient (Wildman–Crippen LogP) is 9.21. The third-order valence-corrected chi connectivity index (χ3v) is 9.93. The van der Waals surface area contributed by atoms with E-state index in [0.29, 0.717) is 0 Å². The smallest absolute Gasteiger partial charge is 0.103 e. The van der Waals surface area contributed by atoms with Crippen LogP contribution < -0.4 is 9.80 Å². The molecule has 3 aliphatic heterocycles. The lowest BCUT2D eigenvalue weighted by Crippen LogP contribution is -3.08. The maximum absolute atomic E-state index is 2.56. The molecule has 41 heavy (non-hydrogen) atoms. The minimum atomic E-state index is 1.21. The van der Waals surface area contributed by atoms with Gasteiger partial charge in [-0.2, -0.15) is 0 Å². The molecule has 0 aromatic carbocycles. The lowest BCUT2D eigenvalue weighted by atomic mass is 10.0. The molecule has 4 bridgehead atoms. The number of quaternary nitrogens is 2. The molecule has 3 aliphatic rings. The first-order valence-electron chi connectivity index (χ1n) is 18.8. The molecule has 0 saturated heterocycles. The summed E-state index contributed by atoms with van der Waals surface area (Å²) < 4.78 is 0. The Hall–Kier alpha value is -1.12. The number of fused-ring (bicyclic) bond motifs is 3. The zero-order valence-corrected chi connectivity index (χ0v) is 27.4. The van der Waals surface area contributed by atoms with Gasteiger partial charge in [-0.3, -0.25) is 0 Å². The van der Waals surface area contributed by atoms with E-state index in [1.165, 1.54) is 200 Å². The molecule has 0 fully saturated rings. The average Bonchev–Trinajstić information content (AvgIpc) is 2.99. The van der Waals surface area contributed by atoms with Crippen molar-refractivity contribution in [1.29, 1.82) is 0 Å². The molecule has 0 saturated carbocycles. The first-order chi connectivity index (χ1) is 20.4. The van der Waals surface area contributed by atoms with Crippen molar-refractivity contribution in [2.75, 3.05) is 26.2 Å². The molecule has 3 rings (SSSR count). The van der Waals surface area contributed by atoms with E-state index < -0.39 is 0 Å². The zero-order valence-electron chi connectivity index (χ0n) is 27.4. The minimum Gasteiger partial charge on any atom is -0.305 e. The largest absolute Gasteiger partial charge is 0.305 e. The topological polar surface area (TPSA) is 8.88 Å². The minimum absolute atomic E-state index is 1.21. The van der Waals surface area contributed by atoms with Crippen LogP contribution in [0.1, 0.15) is 173 Å². The Morgan fingerprint density at radius 2 is 0.878 bits per heavy atom. The van der Waals surface area contributed by atoms with Gasteiger partial charge in [-0.05, 0) is 69.1 Å². The van der Waals surface area contributed by atoms with Crippen LogP contribution in [0.5, 0.6) is 0 Å². The van der Waals surface area contributed by atoms with E-state index in [1.807, 2.05) is 0 Å². The number of hydrogen-bond donors (Lipinski definition) is 2. The second-order valence-electron chi connectivity index (χ2n) is 13.8. The Morgan fingerprint density at radius 3 is 1.41 bits per heavy atom. The summed E-state index contributed by atoms with van der Waals surface area (Å²) in [5, 5.41) is 0. The summed E-state index contributed by atoms with van der Waals surface area (Å²) >= 11 is 0. The lowest BCUT2D eigenvalue weighted by molar-refractivity contribution is -0.842. The number of hydrogen-bond acceptors (Lipinski definition) is 0. The second-order valence-corrected chi connectivity index (χ2v) is 13.8. The van der Waals surface area contributed by atoms with E-state index >= 15 is 0 Å². The molecule has 0 aliphatic carbocycles. The maximum atomic E-state index is 2.56. The van der Waals surface area contributed by atoms with Crippen LogP contribution in [0.15, 0.2) is 47.9 Å². The molecular formula is C39H70N2+2. The molecular weight excluding hydrogens is 496 g/mol. The standard InChI is InChI=1S/C39H68N2/c1-2-6-10-14-18-22-28-38-30-26-35-41(36-38)33-25-21-17-13-9-5-3-7-11-15-19-23-29-39-31-27-34-40(37-39)32-24-20-16-12-8-4-1/h26-27,30-31,35,37H,1-25,28-29,32-34,36H2/p+2. The zero-order chi connectivity index (χ0) is 28.5. The van der Waals surface area contributed by atoms with Crippen LogP contribution >= 0.6 is 0 Å². The molecule has 2 atom stereocenters. The third kappa shape index (κ3) is 18.2. The number of rotatable bonds is 0. The monoisotopic (exact) mass is 567 g/mol. The van der Waals surface area contributed by atoms with E-state index in [2.05, 4.69) is 36.7 Å². The van der Waals surface area contributed by atoms with Gasteiger partial charge in [0.15, 0.2) is 0 Å². The molecule has 2 unspecified atom stereocenters. The Labute approximate surface area is 256 Å². The van der Waals surface area contributed by atoms with Gasteiger partial charge in [-0.15, -0.1) is 0 Å². The summed E-state index contributed by atoms with van der Waals surface area (Å²) in [7, 11) is 0. The maximum Gasteiger partial charge on any atom is 0.103 e. The van der Waals surface area contributed by atoms with Gasteiger partial charge < -0.3 is 9.80 Å².